The second kappa shape index (κ2) is 4.78. The minimum absolute atomic E-state index is 0.388. The number of rotatable bonds is 3. The summed E-state index contributed by atoms with van der Waals surface area (Å²) in [5.74, 6) is 0. The first-order chi connectivity index (χ1) is 9.20. The van der Waals surface area contributed by atoms with Gasteiger partial charge in [-0.05, 0) is 45.4 Å². The van der Waals surface area contributed by atoms with E-state index in [2.05, 4.69) is 29.9 Å². The Morgan fingerprint density at radius 3 is 3.05 bits per heavy atom. The number of likely N-dealkylation sites (tertiary alicyclic amines) is 1. The third kappa shape index (κ3) is 2.06. The number of aldehydes is 1. The lowest BCUT2D eigenvalue weighted by Crippen LogP contribution is -2.30. The van der Waals surface area contributed by atoms with E-state index in [9.17, 15) is 4.79 Å². The largest absolute Gasteiger partial charge is 0.306 e. The molecule has 1 aliphatic heterocycles. The molecule has 2 aromatic heterocycles. The molecule has 0 aliphatic carbocycles. The lowest BCUT2D eigenvalue weighted by Gasteiger charge is -2.26. The predicted molar refractivity (Wildman–Crippen MR) is 74.4 cm³/mol. The first-order valence-electron chi connectivity index (χ1n) is 6.89. The summed E-state index contributed by atoms with van der Waals surface area (Å²) in [5.41, 5.74) is 2.51. The van der Waals surface area contributed by atoms with Crippen molar-refractivity contribution < 1.29 is 4.79 Å². The summed E-state index contributed by atoms with van der Waals surface area (Å²) < 4.78 is 1.95. The van der Waals surface area contributed by atoms with Gasteiger partial charge >= 0.3 is 0 Å². The molecule has 0 amide bonds. The third-order valence-corrected chi connectivity index (χ3v) is 3.96. The van der Waals surface area contributed by atoms with E-state index in [0.29, 0.717) is 17.6 Å². The van der Waals surface area contributed by atoms with Crippen LogP contribution in [0.2, 0.25) is 0 Å². The maximum atomic E-state index is 11.1. The van der Waals surface area contributed by atoms with Crippen molar-refractivity contribution in [3.05, 3.63) is 35.8 Å². The van der Waals surface area contributed by atoms with Gasteiger partial charge in [0.25, 0.3) is 0 Å². The van der Waals surface area contributed by atoms with E-state index in [1.165, 1.54) is 6.42 Å². The highest BCUT2D eigenvalue weighted by Crippen LogP contribution is 2.33. The molecule has 4 heteroatoms. The van der Waals surface area contributed by atoms with Crippen molar-refractivity contribution >= 4 is 11.9 Å². The van der Waals surface area contributed by atoms with Crippen molar-refractivity contribution in [2.75, 3.05) is 6.54 Å². The molecule has 0 saturated carbocycles. The van der Waals surface area contributed by atoms with E-state index in [0.717, 1.165) is 30.6 Å². The summed E-state index contributed by atoms with van der Waals surface area (Å²) in [4.78, 5) is 18.2. The van der Waals surface area contributed by atoms with Crippen molar-refractivity contribution in [3.8, 4) is 0 Å². The maximum absolute atomic E-state index is 11.1. The molecule has 0 aromatic carbocycles. The summed E-state index contributed by atoms with van der Waals surface area (Å²) in [6.07, 6.45) is 7.26. The summed E-state index contributed by atoms with van der Waals surface area (Å²) in [6.45, 7) is 5.59. The molecule has 3 rings (SSSR count). The number of imidazole rings is 1. The number of nitrogens with zero attached hydrogens (tertiary/aromatic N) is 3. The van der Waals surface area contributed by atoms with Gasteiger partial charge in [0.1, 0.15) is 5.65 Å². The summed E-state index contributed by atoms with van der Waals surface area (Å²) in [5, 5.41) is 0. The normalized spacial score (nSPS) is 20.5. The van der Waals surface area contributed by atoms with Crippen LogP contribution < -0.4 is 0 Å². The quantitative estimate of drug-likeness (QED) is 0.793. The maximum Gasteiger partial charge on any atom is 0.153 e. The van der Waals surface area contributed by atoms with Gasteiger partial charge in [0.05, 0.1) is 17.3 Å². The van der Waals surface area contributed by atoms with Crippen molar-refractivity contribution in [3.63, 3.8) is 0 Å². The van der Waals surface area contributed by atoms with Crippen molar-refractivity contribution in [1.82, 2.24) is 14.3 Å². The zero-order valence-corrected chi connectivity index (χ0v) is 11.4. The van der Waals surface area contributed by atoms with Crippen LogP contribution in [-0.2, 0) is 0 Å². The first kappa shape index (κ1) is 12.4. The average molecular weight is 257 g/mol. The van der Waals surface area contributed by atoms with Gasteiger partial charge in [0, 0.05) is 18.4 Å². The molecule has 1 aliphatic rings. The molecule has 0 radical (unpaired) electrons. The van der Waals surface area contributed by atoms with Crippen LogP contribution in [0, 0.1) is 0 Å². The third-order valence-electron chi connectivity index (χ3n) is 3.96. The molecule has 1 saturated heterocycles. The monoisotopic (exact) mass is 257 g/mol. The zero-order chi connectivity index (χ0) is 13.4. The number of pyridine rings is 1. The Morgan fingerprint density at radius 2 is 2.32 bits per heavy atom. The second-order valence-electron chi connectivity index (χ2n) is 5.47. The fourth-order valence-corrected chi connectivity index (χ4v) is 3.03. The van der Waals surface area contributed by atoms with E-state index in [-0.39, 0.29) is 0 Å². The molecule has 1 fully saturated rings. The lowest BCUT2D eigenvalue weighted by molar-refractivity contribution is 0.112. The smallest absolute Gasteiger partial charge is 0.153 e. The fourth-order valence-electron chi connectivity index (χ4n) is 3.03. The van der Waals surface area contributed by atoms with Gasteiger partial charge in [-0.2, -0.15) is 0 Å². The van der Waals surface area contributed by atoms with Gasteiger partial charge in [-0.1, -0.05) is 0 Å². The van der Waals surface area contributed by atoms with Crippen LogP contribution in [0.4, 0.5) is 0 Å². The van der Waals surface area contributed by atoms with Crippen LogP contribution in [0.3, 0.4) is 0 Å². The Balaban J connectivity index is 2.04. The first-order valence-corrected chi connectivity index (χ1v) is 6.89. The number of hydrogen-bond acceptors (Lipinski definition) is 3. The molecular formula is C15H19N3O. The molecule has 100 valence electrons. The van der Waals surface area contributed by atoms with Crippen LogP contribution in [0.15, 0.2) is 24.5 Å². The Kier molecular flexibility index (Phi) is 3.11. The SMILES string of the molecule is CC(C)N1CCCC1c1cn2cccc(C=O)c2n1. The topological polar surface area (TPSA) is 37.6 Å². The van der Waals surface area contributed by atoms with Gasteiger partial charge in [-0.25, -0.2) is 4.98 Å². The fraction of sp³-hybridized carbons (Fsp3) is 0.467. The minimum atomic E-state index is 0.388. The van der Waals surface area contributed by atoms with E-state index in [1.54, 1.807) is 0 Å². The highest BCUT2D eigenvalue weighted by molar-refractivity contribution is 5.84. The lowest BCUT2D eigenvalue weighted by atomic mass is 10.1. The Morgan fingerprint density at radius 1 is 1.47 bits per heavy atom. The van der Waals surface area contributed by atoms with Gasteiger partial charge in [-0.15, -0.1) is 0 Å². The number of carbonyl (C=O) groups excluding carboxylic acids is 1. The van der Waals surface area contributed by atoms with Crippen LogP contribution >= 0.6 is 0 Å². The number of fused-ring (bicyclic) bond motifs is 1. The van der Waals surface area contributed by atoms with E-state index >= 15 is 0 Å². The molecule has 0 bridgehead atoms. The van der Waals surface area contributed by atoms with E-state index < -0.39 is 0 Å². The van der Waals surface area contributed by atoms with Crippen molar-refractivity contribution in [1.29, 1.82) is 0 Å². The molecule has 0 N–H and O–H groups in total. The predicted octanol–water partition coefficient (Wildman–Crippen LogP) is 2.69. The van der Waals surface area contributed by atoms with Crippen LogP contribution in [0.1, 0.15) is 48.8 Å². The van der Waals surface area contributed by atoms with E-state index in [4.69, 9.17) is 0 Å². The van der Waals surface area contributed by atoms with Crippen LogP contribution in [-0.4, -0.2) is 33.2 Å². The Bertz CT molecular complexity index is 602. The highest BCUT2D eigenvalue weighted by atomic mass is 16.1. The Labute approximate surface area is 113 Å². The van der Waals surface area contributed by atoms with Crippen LogP contribution in [0.5, 0.6) is 0 Å². The van der Waals surface area contributed by atoms with Gasteiger partial charge in [0.2, 0.25) is 0 Å². The highest BCUT2D eigenvalue weighted by Gasteiger charge is 2.29. The molecule has 3 heterocycles. The number of hydrogen-bond donors (Lipinski definition) is 0. The molecule has 2 aromatic rings. The molecule has 1 unspecified atom stereocenters. The minimum Gasteiger partial charge on any atom is -0.306 e. The van der Waals surface area contributed by atoms with Crippen molar-refractivity contribution in [2.24, 2.45) is 0 Å². The van der Waals surface area contributed by atoms with E-state index in [1.807, 2.05) is 22.7 Å². The van der Waals surface area contributed by atoms with Gasteiger partial charge in [0.15, 0.2) is 6.29 Å². The van der Waals surface area contributed by atoms with Gasteiger partial charge < -0.3 is 4.40 Å². The molecule has 19 heavy (non-hydrogen) atoms. The second-order valence-corrected chi connectivity index (χ2v) is 5.47. The average Bonchev–Trinajstić information content (AvgIpc) is 3.03. The number of carbonyl (C=O) groups is 1. The summed E-state index contributed by atoms with van der Waals surface area (Å²) >= 11 is 0. The molecule has 4 nitrogen and oxygen atoms in total. The molecule has 0 spiro atoms. The van der Waals surface area contributed by atoms with Crippen LogP contribution in [0.25, 0.3) is 5.65 Å². The summed E-state index contributed by atoms with van der Waals surface area (Å²) in [7, 11) is 0. The Hall–Kier alpha value is -1.68. The number of aromatic nitrogens is 2. The summed E-state index contributed by atoms with van der Waals surface area (Å²) in [6, 6.07) is 4.62. The zero-order valence-electron chi connectivity index (χ0n) is 11.4. The van der Waals surface area contributed by atoms with Crippen molar-refractivity contribution in [2.45, 2.75) is 38.8 Å². The molecular weight excluding hydrogens is 238 g/mol. The standard InChI is InChI=1S/C15H19N3O/c1-11(2)18-8-4-6-14(18)13-9-17-7-3-5-12(10-19)15(17)16-13/h3,5,7,9-11,14H,4,6,8H2,1-2H3. The van der Waals surface area contributed by atoms with Gasteiger partial charge in [-0.3, -0.25) is 9.69 Å². The molecule has 1 atom stereocenters.